The topological polar surface area (TPSA) is 78.3 Å². The van der Waals surface area contributed by atoms with Gasteiger partial charge in [0.2, 0.25) is 0 Å². The molecule has 1 atom stereocenters. The zero-order chi connectivity index (χ0) is 25.0. The number of aromatic amines is 1. The number of carbonyl (C=O) groups is 2. The lowest BCUT2D eigenvalue weighted by atomic mass is 10.1. The summed E-state index contributed by atoms with van der Waals surface area (Å²) in [5.74, 6) is 0.500. The first-order valence-corrected chi connectivity index (χ1v) is 11.7. The van der Waals surface area contributed by atoms with E-state index in [0.717, 1.165) is 16.8 Å². The van der Waals surface area contributed by atoms with Crippen LogP contribution in [-0.2, 0) is 11.3 Å². The Hall–Kier alpha value is -4.06. The molecule has 0 aliphatic rings. The van der Waals surface area contributed by atoms with Gasteiger partial charge < -0.3 is 19.6 Å². The van der Waals surface area contributed by atoms with E-state index in [2.05, 4.69) is 10.3 Å². The Bertz CT molecular complexity index is 1280. The molecule has 35 heavy (non-hydrogen) atoms. The van der Waals surface area contributed by atoms with Gasteiger partial charge in [0.15, 0.2) is 6.04 Å². The van der Waals surface area contributed by atoms with Crippen LogP contribution in [0.3, 0.4) is 0 Å². The van der Waals surface area contributed by atoms with Gasteiger partial charge in [-0.2, -0.15) is 0 Å². The summed E-state index contributed by atoms with van der Waals surface area (Å²) in [7, 11) is 0. The molecule has 0 bridgehead atoms. The SMILES string of the molecule is Cc1ccc(C(C(=O)NC(C)(C)C)N(Cc2ccccc2)C(=O)c2ccc(-c3ccccc3)[nH]2)o1. The van der Waals surface area contributed by atoms with Crippen molar-refractivity contribution in [2.45, 2.75) is 45.8 Å². The largest absolute Gasteiger partial charge is 0.464 e. The van der Waals surface area contributed by atoms with Crippen molar-refractivity contribution in [3.05, 3.63) is 108 Å². The van der Waals surface area contributed by atoms with Crippen molar-refractivity contribution in [3.63, 3.8) is 0 Å². The van der Waals surface area contributed by atoms with Crippen molar-refractivity contribution < 1.29 is 14.0 Å². The van der Waals surface area contributed by atoms with Gasteiger partial charge in [0, 0.05) is 17.8 Å². The predicted octanol–water partition coefficient (Wildman–Crippen LogP) is 5.88. The number of hydrogen-bond donors (Lipinski definition) is 2. The molecule has 2 aromatic heterocycles. The van der Waals surface area contributed by atoms with E-state index in [0.29, 0.717) is 17.2 Å². The number of nitrogens with zero attached hydrogens (tertiary/aromatic N) is 1. The summed E-state index contributed by atoms with van der Waals surface area (Å²) in [6.07, 6.45) is 0. The smallest absolute Gasteiger partial charge is 0.271 e. The molecule has 0 saturated heterocycles. The lowest BCUT2D eigenvalue weighted by molar-refractivity contribution is -0.128. The van der Waals surface area contributed by atoms with Crippen LogP contribution in [0.1, 0.15) is 54.4 Å². The number of H-pyrrole nitrogens is 1. The number of carbonyl (C=O) groups excluding carboxylic acids is 2. The van der Waals surface area contributed by atoms with Crippen LogP contribution >= 0.6 is 0 Å². The normalized spacial score (nSPS) is 12.2. The Morgan fingerprint density at radius 1 is 0.914 bits per heavy atom. The van der Waals surface area contributed by atoms with E-state index < -0.39 is 11.6 Å². The van der Waals surface area contributed by atoms with Crippen molar-refractivity contribution >= 4 is 11.8 Å². The maximum Gasteiger partial charge on any atom is 0.271 e. The van der Waals surface area contributed by atoms with Crippen LogP contribution in [0.2, 0.25) is 0 Å². The van der Waals surface area contributed by atoms with E-state index >= 15 is 0 Å². The van der Waals surface area contributed by atoms with Crippen molar-refractivity contribution in [1.82, 2.24) is 15.2 Å². The molecule has 2 amide bonds. The average molecular weight is 470 g/mol. The number of nitrogens with one attached hydrogen (secondary N) is 2. The molecule has 0 aliphatic carbocycles. The molecular weight excluding hydrogens is 438 g/mol. The Morgan fingerprint density at radius 2 is 1.57 bits per heavy atom. The highest BCUT2D eigenvalue weighted by Gasteiger charge is 2.36. The molecule has 0 fully saturated rings. The Labute approximate surface area is 206 Å². The first kappa shape index (κ1) is 24.1. The number of aryl methyl sites for hydroxylation is 1. The number of aromatic nitrogens is 1. The highest BCUT2D eigenvalue weighted by Crippen LogP contribution is 2.29. The first-order valence-electron chi connectivity index (χ1n) is 11.7. The van der Waals surface area contributed by atoms with Gasteiger partial charge in [0.05, 0.1) is 0 Å². The lowest BCUT2D eigenvalue weighted by Crippen LogP contribution is -2.49. The molecule has 2 N–H and O–H groups in total. The summed E-state index contributed by atoms with van der Waals surface area (Å²) < 4.78 is 5.90. The minimum absolute atomic E-state index is 0.237. The van der Waals surface area contributed by atoms with Gasteiger partial charge in [-0.1, -0.05) is 60.7 Å². The fraction of sp³-hybridized carbons (Fsp3) is 0.241. The quantitative estimate of drug-likeness (QED) is 0.355. The lowest BCUT2D eigenvalue weighted by Gasteiger charge is -2.32. The molecule has 0 saturated carbocycles. The summed E-state index contributed by atoms with van der Waals surface area (Å²) in [5, 5.41) is 3.03. The molecule has 0 radical (unpaired) electrons. The molecule has 0 aliphatic heterocycles. The monoisotopic (exact) mass is 469 g/mol. The van der Waals surface area contributed by atoms with E-state index in [1.54, 1.807) is 23.1 Å². The molecule has 6 heteroatoms. The van der Waals surface area contributed by atoms with Gasteiger partial charge >= 0.3 is 0 Å². The summed E-state index contributed by atoms with van der Waals surface area (Å²) in [4.78, 5) is 32.4. The van der Waals surface area contributed by atoms with E-state index in [-0.39, 0.29) is 18.4 Å². The van der Waals surface area contributed by atoms with Crippen LogP contribution in [-0.4, -0.2) is 27.2 Å². The molecule has 180 valence electrons. The molecular formula is C29H31N3O3. The second-order valence-electron chi connectivity index (χ2n) is 9.66. The Morgan fingerprint density at radius 3 is 2.17 bits per heavy atom. The number of furan rings is 1. The van der Waals surface area contributed by atoms with Crippen LogP contribution < -0.4 is 5.32 Å². The van der Waals surface area contributed by atoms with E-state index in [1.165, 1.54) is 0 Å². The summed E-state index contributed by atoms with van der Waals surface area (Å²) in [6.45, 7) is 7.80. The van der Waals surface area contributed by atoms with Crippen LogP contribution in [0.15, 0.2) is 89.3 Å². The predicted molar refractivity (Wildman–Crippen MR) is 137 cm³/mol. The second-order valence-corrected chi connectivity index (χ2v) is 9.66. The number of rotatable bonds is 7. The number of benzene rings is 2. The third kappa shape index (κ3) is 5.90. The molecule has 2 aromatic carbocycles. The van der Waals surface area contributed by atoms with Crippen LogP contribution in [0, 0.1) is 6.92 Å². The van der Waals surface area contributed by atoms with Crippen molar-refractivity contribution in [3.8, 4) is 11.3 Å². The molecule has 2 heterocycles. The maximum absolute atomic E-state index is 14.0. The highest BCUT2D eigenvalue weighted by atomic mass is 16.3. The van der Waals surface area contributed by atoms with E-state index in [1.807, 2.05) is 94.4 Å². The molecule has 6 nitrogen and oxygen atoms in total. The first-order chi connectivity index (χ1) is 16.7. The van der Waals surface area contributed by atoms with Gasteiger partial charge in [-0.25, -0.2) is 0 Å². The fourth-order valence-electron chi connectivity index (χ4n) is 3.98. The summed E-state index contributed by atoms with van der Waals surface area (Å²) in [5.41, 5.74) is 2.64. The average Bonchev–Trinajstić information content (AvgIpc) is 3.48. The molecule has 4 aromatic rings. The third-order valence-electron chi connectivity index (χ3n) is 5.55. The number of hydrogen-bond acceptors (Lipinski definition) is 3. The van der Waals surface area contributed by atoms with Crippen LogP contribution in [0.5, 0.6) is 0 Å². The second kappa shape index (κ2) is 10.1. The fourth-order valence-corrected chi connectivity index (χ4v) is 3.98. The molecule has 0 spiro atoms. The zero-order valence-electron chi connectivity index (χ0n) is 20.5. The Balaban J connectivity index is 1.76. The van der Waals surface area contributed by atoms with Crippen LogP contribution in [0.25, 0.3) is 11.3 Å². The minimum atomic E-state index is -0.945. The van der Waals surface area contributed by atoms with Gasteiger partial charge in [-0.3, -0.25) is 9.59 Å². The zero-order valence-corrected chi connectivity index (χ0v) is 20.5. The minimum Gasteiger partial charge on any atom is -0.464 e. The van der Waals surface area contributed by atoms with Gasteiger partial charge in [0.25, 0.3) is 11.8 Å². The van der Waals surface area contributed by atoms with Crippen LogP contribution in [0.4, 0.5) is 0 Å². The third-order valence-corrected chi connectivity index (χ3v) is 5.55. The molecule has 4 rings (SSSR count). The van der Waals surface area contributed by atoms with Gasteiger partial charge in [0.1, 0.15) is 17.2 Å². The standard InChI is InChI=1S/C29H31N3O3/c1-20-15-18-25(35-20)26(27(33)31-29(2,3)4)32(19-21-11-7-5-8-12-21)28(34)24-17-16-23(30-24)22-13-9-6-10-14-22/h5-18,26,30H,19H2,1-4H3,(H,31,33). The van der Waals surface area contributed by atoms with E-state index in [9.17, 15) is 9.59 Å². The summed E-state index contributed by atoms with van der Waals surface area (Å²) in [6, 6.07) is 25.7. The van der Waals surface area contributed by atoms with E-state index in [4.69, 9.17) is 4.42 Å². The Kier molecular flexibility index (Phi) is 6.92. The van der Waals surface area contributed by atoms with Crippen molar-refractivity contribution in [2.75, 3.05) is 0 Å². The van der Waals surface area contributed by atoms with Crippen molar-refractivity contribution in [1.29, 1.82) is 0 Å². The van der Waals surface area contributed by atoms with Gasteiger partial charge in [-0.05, 0) is 63.1 Å². The highest BCUT2D eigenvalue weighted by molar-refractivity contribution is 5.97. The maximum atomic E-state index is 14.0. The summed E-state index contributed by atoms with van der Waals surface area (Å²) >= 11 is 0. The molecule has 1 unspecified atom stereocenters. The number of amides is 2. The van der Waals surface area contributed by atoms with Crippen molar-refractivity contribution in [2.24, 2.45) is 0 Å². The van der Waals surface area contributed by atoms with Gasteiger partial charge in [-0.15, -0.1) is 0 Å².